The van der Waals surface area contributed by atoms with E-state index >= 15 is 0 Å². The van der Waals surface area contributed by atoms with Crippen LogP contribution in [0.2, 0.25) is 0 Å². The lowest BCUT2D eigenvalue weighted by molar-refractivity contribution is -0.149. The van der Waals surface area contributed by atoms with Crippen LogP contribution in [0.5, 0.6) is 0 Å². The molecule has 11 heavy (non-hydrogen) atoms. The Morgan fingerprint density at radius 3 is 2.36 bits per heavy atom. The van der Waals surface area contributed by atoms with Crippen molar-refractivity contribution in [3.8, 4) is 0 Å². The first-order chi connectivity index (χ1) is 5.18. The maximum Gasteiger partial charge on any atom is 0.309 e. The SMILES string of the molecule is CCC1(C(=O)O)CC2CC2C1. The zero-order valence-corrected chi connectivity index (χ0v) is 6.84. The summed E-state index contributed by atoms with van der Waals surface area (Å²) in [6.45, 7) is 2.00. The van der Waals surface area contributed by atoms with Crippen molar-refractivity contribution in [2.45, 2.75) is 32.6 Å². The molecule has 2 heteroatoms. The first-order valence-electron chi connectivity index (χ1n) is 4.41. The zero-order chi connectivity index (χ0) is 8.06. The second-order valence-corrected chi connectivity index (χ2v) is 4.10. The number of carbonyl (C=O) groups is 1. The van der Waals surface area contributed by atoms with Crippen LogP contribution < -0.4 is 0 Å². The van der Waals surface area contributed by atoms with Gasteiger partial charge in [-0.15, -0.1) is 0 Å². The van der Waals surface area contributed by atoms with Crippen LogP contribution >= 0.6 is 0 Å². The van der Waals surface area contributed by atoms with Gasteiger partial charge in [-0.25, -0.2) is 0 Å². The molecule has 0 heterocycles. The smallest absolute Gasteiger partial charge is 0.309 e. The van der Waals surface area contributed by atoms with Crippen molar-refractivity contribution in [3.63, 3.8) is 0 Å². The number of fused-ring (bicyclic) bond motifs is 1. The van der Waals surface area contributed by atoms with Gasteiger partial charge in [0.05, 0.1) is 5.41 Å². The number of hydrogen-bond donors (Lipinski definition) is 1. The van der Waals surface area contributed by atoms with E-state index in [1.807, 2.05) is 6.92 Å². The van der Waals surface area contributed by atoms with E-state index in [-0.39, 0.29) is 5.41 Å². The molecule has 0 saturated heterocycles. The molecule has 2 aliphatic rings. The van der Waals surface area contributed by atoms with Gasteiger partial charge in [-0.05, 0) is 37.5 Å². The lowest BCUT2D eigenvalue weighted by Gasteiger charge is -2.23. The summed E-state index contributed by atoms with van der Waals surface area (Å²) < 4.78 is 0. The Labute approximate surface area is 66.6 Å². The fourth-order valence-corrected chi connectivity index (χ4v) is 2.51. The second kappa shape index (κ2) is 1.99. The van der Waals surface area contributed by atoms with Crippen molar-refractivity contribution < 1.29 is 9.90 Å². The average Bonchev–Trinajstić information content (AvgIpc) is 2.59. The summed E-state index contributed by atoms with van der Waals surface area (Å²) in [5.74, 6) is 0.976. The third kappa shape index (κ3) is 0.883. The molecular formula is C9H14O2. The molecule has 2 aliphatic carbocycles. The van der Waals surface area contributed by atoms with E-state index < -0.39 is 5.97 Å². The summed E-state index contributed by atoms with van der Waals surface area (Å²) in [6.07, 6.45) is 4.01. The van der Waals surface area contributed by atoms with Gasteiger partial charge in [0.15, 0.2) is 0 Å². The van der Waals surface area contributed by atoms with Crippen LogP contribution in [-0.2, 0) is 4.79 Å². The minimum absolute atomic E-state index is 0.326. The monoisotopic (exact) mass is 154 g/mol. The van der Waals surface area contributed by atoms with E-state index in [9.17, 15) is 4.79 Å². The highest BCUT2D eigenvalue weighted by atomic mass is 16.4. The maximum absolute atomic E-state index is 10.9. The Morgan fingerprint density at radius 2 is 2.09 bits per heavy atom. The molecule has 2 nitrogen and oxygen atoms in total. The fraction of sp³-hybridized carbons (Fsp3) is 0.889. The van der Waals surface area contributed by atoms with Gasteiger partial charge in [0.25, 0.3) is 0 Å². The molecule has 0 amide bonds. The molecule has 62 valence electrons. The molecule has 2 atom stereocenters. The van der Waals surface area contributed by atoms with Crippen LogP contribution in [0.4, 0.5) is 0 Å². The minimum Gasteiger partial charge on any atom is -0.481 e. The number of rotatable bonds is 2. The molecule has 2 fully saturated rings. The predicted octanol–water partition coefficient (Wildman–Crippen LogP) is 1.90. The molecule has 1 N–H and O–H groups in total. The normalized spacial score (nSPS) is 47.0. The zero-order valence-electron chi connectivity index (χ0n) is 6.84. The van der Waals surface area contributed by atoms with Crippen molar-refractivity contribution >= 4 is 5.97 Å². The summed E-state index contributed by atoms with van der Waals surface area (Å²) in [7, 11) is 0. The first kappa shape index (κ1) is 7.14. The highest BCUT2D eigenvalue weighted by Gasteiger charge is 2.56. The topological polar surface area (TPSA) is 37.3 Å². The molecule has 0 bridgehead atoms. The van der Waals surface area contributed by atoms with Crippen LogP contribution in [0.3, 0.4) is 0 Å². The van der Waals surface area contributed by atoms with Crippen LogP contribution in [0.15, 0.2) is 0 Å². The van der Waals surface area contributed by atoms with Gasteiger partial charge in [-0.3, -0.25) is 4.79 Å². The van der Waals surface area contributed by atoms with E-state index in [1.54, 1.807) is 0 Å². The molecule has 0 spiro atoms. The first-order valence-corrected chi connectivity index (χ1v) is 4.41. The fourth-order valence-electron chi connectivity index (χ4n) is 2.51. The van der Waals surface area contributed by atoms with E-state index in [2.05, 4.69) is 0 Å². The molecule has 0 aromatic rings. The molecule has 0 radical (unpaired) electrons. The van der Waals surface area contributed by atoms with Gasteiger partial charge in [0.2, 0.25) is 0 Å². The van der Waals surface area contributed by atoms with Crippen molar-refractivity contribution in [1.82, 2.24) is 0 Å². The molecular weight excluding hydrogens is 140 g/mol. The lowest BCUT2D eigenvalue weighted by atomic mass is 9.81. The van der Waals surface area contributed by atoms with E-state index in [4.69, 9.17) is 5.11 Å². The Balaban J connectivity index is 2.13. The van der Waals surface area contributed by atoms with Gasteiger partial charge in [0, 0.05) is 0 Å². The van der Waals surface area contributed by atoms with Crippen LogP contribution in [0.25, 0.3) is 0 Å². The predicted molar refractivity (Wildman–Crippen MR) is 41.2 cm³/mol. The van der Waals surface area contributed by atoms with Crippen molar-refractivity contribution in [2.75, 3.05) is 0 Å². The number of carboxylic acids is 1. The van der Waals surface area contributed by atoms with Gasteiger partial charge in [-0.2, -0.15) is 0 Å². The Kier molecular flexibility index (Phi) is 1.29. The molecule has 0 aliphatic heterocycles. The lowest BCUT2D eigenvalue weighted by Crippen LogP contribution is -2.28. The minimum atomic E-state index is -0.563. The third-order valence-electron chi connectivity index (χ3n) is 3.51. The summed E-state index contributed by atoms with van der Waals surface area (Å²) in [5.41, 5.74) is -0.326. The second-order valence-electron chi connectivity index (χ2n) is 4.10. The standard InChI is InChI=1S/C9H14O2/c1-2-9(8(10)11)4-6-3-7(6)5-9/h6-7H,2-5H2,1H3,(H,10,11). The molecule has 2 unspecified atom stereocenters. The molecule has 0 aromatic heterocycles. The molecule has 2 saturated carbocycles. The van der Waals surface area contributed by atoms with Crippen molar-refractivity contribution in [2.24, 2.45) is 17.3 Å². The van der Waals surface area contributed by atoms with Gasteiger partial charge < -0.3 is 5.11 Å². The van der Waals surface area contributed by atoms with Gasteiger partial charge in [-0.1, -0.05) is 6.92 Å². The molecule has 2 rings (SSSR count). The average molecular weight is 154 g/mol. The van der Waals surface area contributed by atoms with Crippen LogP contribution in [-0.4, -0.2) is 11.1 Å². The Hall–Kier alpha value is -0.530. The summed E-state index contributed by atoms with van der Waals surface area (Å²) >= 11 is 0. The number of hydrogen-bond acceptors (Lipinski definition) is 1. The van der Waals surface area contributed by atoms with Crippen LogP contribution in [0.1, 0.15) is 32.6 Å². The van der Waals surface area contributed by atoms with Gasteiger partial charge in [0.1, 0.15) is 0 Å². The highest BCUT2D eigenvalue weighted by Crippen LogP contribution is 2.61. The third-order valence-corrected chi connectivity index (χ3v) is 3.51. The molecule has 0 aromatic carbocycles. The number of carboxylic acid groups (broad SMARTS) is 1. The van der Waals surface area contributed by atoms with Gasteiger partial charge >= 0.3 is 5.97 Å². The van der Waals surface area contributed by atoms with Crippen LogP contribution in [0, 0.1) is 17.3 Å². The number of aliphatic carboxylic acids is 1. The highest BCUT2D eigenvalue weighted by molar-refractivity contribution is 5.75. The quantitative estimate of drug-likeness (QED) is 0.659. The van der Waals surface area contributed by atoms with E-state index in [0.29, 0.717) is 0 Å². The Morgan fingerprint density at radius 1 is 1.55 bits per heavy atom. The Bertz CT molecular complexity index is 188. The van der Waals surface area contributed by atoms with E-state index in [0.717, 1.165) is 31.1 Å². The van der Waals surface area contributed by atoms with Crippen molar-refractivity contribution in [1.29, 1.82) is 0 Å². The summed E-state index contributed by atoms with van der Waals surface area (Å²) in [5, 5.41) is 9.00. The van der Waals surface area contributed by atoms with Crippen molar-refractivity contribution in [3.05, 3.63) is 0 Å². The summed E-state index contributed by atoms with van der Waals surface area (Å²) in [4.78, 5) is 10.9. The van der Waals surface area contributed by atoms with E-state index in [1.165, 1.54) is 6.42 Å². The largest absolute Gasteiger partial charge is 0.481 e. The summed E-state index contributed by atoms with van der Waals surface area (Å²) in [6, 6.07) is 0. The maximum atomic E-state index is 10.9.